The zero-order valence-corrected chi connectivity index (χ0v) is 9.84. The number of halogens is 3. The zero-order valence-electron chi connectivity index (χ0n) is 9.84. The van der Waals surface area contributed by atoms with Gasteiger partial charge in [-0.2, -0.15) is 13.2 Å². The second-order valence-electron chi connectivity index (χ2n) is 4.02. The highest BCUT2D eigenvalue weighted by Crippen LogP contribution is 2.32. The SMILES string of the molecule is CCC(N)(COC)c1cccc(C(F)(F)F)c1. The van der Waals surface area contributed by atoms with Gasteiger partial charge in [0.1, 0.15) is 0 Å². The molecule has 0 saturated carbocycles. The highest BCUT2D eigenvalue weighted by Gasteiger charge is 2.33. The van der Waals surface area contributed by atoms with Crippen molar-refractivity contribution < 1.29 is 17.9 Å². The molecule has 0 fully saturated rings. The van der Waals surface area contributed by atoms with E-state index in [-0.39, 0.29) is 6.61 Å². The van der Waals surface area contributed by atoms with Crippen LogP contribution in [0.5, 0.6) is 0 Å². The number of hydrogen-bond acceptors (Lipinski definition) is 2. The average Bonchev–Trinajstić information content (AvgIpc) is 2.28. The predicted molar refractivity (Wildman–Crippen MR) is 59.5 cm³/mol. The van der Waals surface area contributed by atoms with Crippen LogP contribution >= 0.6 is 0 Å². The van der Waals surface area contributed by atoms with E-state index in [1.807, 2.05) is 6.92 Å². The maximum Gasteiger partial charge on any atom is 0.416 e. The van der Waals surface area contributed by atoms with E-state index >= 15 is 0 Å². The first-order valence-corrected chi connectivity index (χ1v) is 5.29. The number of nitrogens with two attached hydrogens (primary N) is 1. The van der Waals surface area contributed by atoms with Crippen molar-refractivity contribution in [3.05, 3.63) is 35.4 Å². The van der Waals surface area contributed by atoms with E-state index in [0.29, 0.717) is 12.0 Å². The van der Waals surface area contributed by atoms with Crippen LogP contribution in [0.15, 0.2) is 24.3 Å². The summed E-state index contributed by atoms with van der Waals surface area (Å²) >= 11 is 0. The normalized spacial score (nSPS) is 15.6. The van der Waals surface area contributed by atoms with Crippen LogP contribution in [0.25, 0.3) is 0 Å². The molecule has 1 unspecified atom stereocenters. The van der Waals surface area contributed by atoms with Gasteiger partial charge < -0.3 is 10.5 Å². The zero-order chi connectivity index (χ0) is 13.1. The molecule has 1 aromatic carbocycles. The van der Waals surface area contributed by atoms with E-state index in [9.17, 15) is 13.2 Å². The molecule has 0 bridgehead atoms. The molecule has 2 nitrogen and oxygen atoms in total. The van der Waals surface area contributed by atoms with Gasteiger partial charge in [0.05, 0.1) is 17.7 Å². The van der Waals surface area contributed by atoms with E-state index in [1.54, 1.807) is 6.07 Å². The van der Waals surface area contributed by atoms with Gasteiger partial charge in [-0.15, -0.1) is 0 Å². The van der Waals surface area contributed by atoms with E-state index in [2.05, 4.69) is 0 Å². The van der Waals surface area contributed by atoms with Gasteiger partial charge in [0, 0.05) is 7.11 Å². The highest BCUT2D eigenvalue weighted by molar-refractivity contribution is 5.31. The fourth-order valence-electron chi connectivity index (χ4n) is 1.65. The second-order valence-corrected chi connectivity index (χ2v) is 4.02. The van der Waals surface area contributed by atoms with Gasteiger partial charge in [0.15, 0.2) is 0 Å². The van der Waals surface area contributed by atoms with Crippen LogP contribution in [0, 0.1) is 0 Å². The van der Waals surface area contributed by atoms with Crippen molar-refractivity contribution in [2.75, 3.05) is 13.7 Å². The lowest BCUT2D eigenvalue weighted by molar-refractivity contribution is -0.137. The Labute approximate surface area is 98.6 Å². The Balaban J connectivity index is 3.14. The molecule has 0 saturated heterocycles. The van der Waals surface area contributed by atoms with Crippen molar-refractivity contribution in [1.29, 1.82) is 0 Å². The monoisotopic (exact) mass is 247 g/mol. The number of benzene rings is 1. The van der Waals surface area contributed by atoms with E-state index in [4.69, 9.17) is 10.5 Å². The van der Waals surface area contributed by atoms with Gasteiger partial charge in [-0.1, -0.05) is 19.1 Å². The minimum absolute atomic E-state index is 0.185. The number of methoxy groups -OCH3 is 1. The van der Waals surface area contributed by atoms with E-state index in [0.717, 1.165) is 12.1 Å². The molecular weight excluding hydrogens is 231 g/mol. The first-order valence-electron chi connectivity index (χ1n) is 5.29. The number of alkyl halides is 3. The van der Waals surface area contributed by atoms with Crippen molar-refractivity contribution >= 4 is 0 Å². The first kappa shape index (κ1) is 14.0. The molecule has 0 aliphatic heterocycles. The highest BCUT2D eigenvalue weighted by atomic mass is 19.4. The smallest absolute Gasteiger partial charge is 0.382 e. The third-order valence-corrected chi connectivity index (χ3v) is 2.80. The lowest BCUT2D eigenvalue weighted by Crippen LogP contribution is -2.40. The Bertz CT molecular complexity index is 378. The van der Waals surface area contributed by atoms with Crippen molar-refractivity contribution in [3.63, 3.8) is 0 Å². The molecule has 1 rings (SSSR count). The van der Waals surface area contributed by atoms with Crippen LogP contribution in [0.1, 0.15) is 24.5 Å². The van der Waals surface area contributed by atoms with Gasteiger partial charge in [0.25, 0.3) is 0 Å². The summed E-state index contributed by atoms with van der Waals surface area (Å²) in [7, 11) is 1.48. The third kappa shape index (κ3) is 3.20. The van der Waals surface area contributed by atoms with Gasteiger partial charge in [0.2, 0.25) is 0 Å². The van der Waals surface area contributed by atoms with Crippen molar-refractivity contribution in [1.82, 2.24) is 0 Å². The molecule has 0 amide bonds. The first-order chi connectivity index (χ1) is 7.83. The number of hydrogen-bond donors (Lipinski definition) is 1. The molecule has 0 aliphatic carbocycles. The maximum absolute atomic E-state index is 12.6. The van der Waals surface area contributed by atoms with Gasteiger partial charge >= 0.3 is 6.18 Å². The minimum Gasteiger partial charge on any atom is -0.382 e. The lowest BCUT2D eigenvalue weighted by atomic mass is 9.88. The summed E-state index contributed by atoms with van der Waals surface area (Å²) in [4.78, 5) is 0. The molecule has 0 spiro atoms. The summed E-state index contributed by atoms with van der Waals surface area (Å²) in [6.07, 6.45) is -3.85. The van der Waals surface area contributed by atoms with Crippen LogP contribution in [-0.4, -0.2) is 13.7 Å². The molecule has 1 aromatic rings. The topological polar surface area (TPSA) is 35.2 Å². The Morgan fingerprint density at radius 3 is 2.29 bits per heavy atom. The Morgan fingerprint density at radius 1 is 1.24 bits per heavy atom. The molecule has 0 radical (unpaired) electrons. The Hall–Kier alpha value is -1.07. The largest absolute Gasteiger partial charge is 0.416 e. The van der Waals surface area contributed by atoms with Crippen LogP contribution in [-0.2, 0) is 16.5 Å². The van der Waals surface area contributed by atoms with Gasteiger partial charge in [-0.25, -0.2) is 0 Å². The predicted octanol–water partition coefficient (Wildman–Crippen LogP) is 2.92. The summed E-state index contributed by atoms with van der Waals surface area (Å²) in [6.45, 7) is 2.00. The summed E-state index contributed by atoms with van der Waals surface area (Å²) in [6, 6.07) is 5.08. The number of rotatable bonds is 4. The molecule has 5 heteroatoms. The fraction of sp³-hybridized carbons (Fsp3) is 0.500. The molecular formula is C12H16F3NO. The third-order valence-electron chi connectivity index (χ3n) is 2.80. The average molecular weight is 247 g/mol. The Kier molecular flexibility index (Phi) is 4.16. The standard InChI is InChI=1S/C12H16F3NO/c1-3-11(16,8-17-2)9-5-4-6-10(7-9)12(13,14)15/h4-7H,3,8,16H2,1-2H3. The van der Waals surface area contributed by atoms with E-state index < -0.39 is 17.3 Å². The molecule has 0 aromatic heterocycles. The molecule has 2 N–H and O–H groups in total. The molecule has 0 aliphatic rings. The maximum atomic E-state index is 12.6. The molecule has 0 heterocycles. The fourth-order valence-corrected chi connectivity index (χ4v) is 1.65. The van der Waals surface area contributed by atoms with Gasteiger partial charge in [-0.3, -0.25) is 0 Å². The molecule has 1 atom stereocenters. The van der Waals surface area contributed by atoms with Crippen LogP contribution in [0.2, 0.25) is 0 Å². The second kappa shape index (κ2) is 5.06. The minimum atomic E-state index is -4.35. The Morgan fingerprint density at radius 2 is 1.82 bits per heavy atom. The van der Waals surface area contributed by atoms with Crippen molar-refractivity contribution in [2.45, 2.75) is 25.1 Å². The van der Waals surface area contributed by atoms with E-state index in [1.165, 1.54) is 13.2 Å². The number of ether oxygens (including phenoxy) is 1. The summed E-state index contributed by atoms with van der Waals surface area (Å²) in [5.41, 5.74) is 4.93. The summed E-state index contributed by atoms with van der Waals surface area (Å²) in [5, 5.41) is 0. The van der Waals surface area contributed by atoms with Crippen molar-refractivity contribution in [2.24, 2.45) is 5.73 Å². The van der Waals surface area contributed by atoms with Crippen molar-refractivity contribution in [3.8, 4) is 0 Å². The summed E-state index contributed by atoms with van der Waals surface area (Å²) < 4.78 is 42.7. The summed E-state index contributed by atoms with van der Waals surface area (Å²) in [5.74, 6) is 0. The lowest BCUT2D eigenvalue weighted by Gasteiger charge is -2.28. The molecule has 96 valence electrons. The van der Waals surface area contributed by atoms with Gasteiger partial charge in [-0.05, 0) is 24.1 Å². The van der Waals surface area contributed by atoms with Crippen LogP contribution in [0.3, 0.4) is 0 Å². The quantitative estimate of drug-likeness (QED) is 0.887. The van der Waals surface area contributed by atoms with Crippen LogP contribution in [0.4, 0.5) is 13.2 Å². The molecule has 17 heavy (non-hydrogen) atoms. The van der Waals surface area contributed by atoms with Crippen LogP contribution < -0.4 is 5.73 Å².